The molecule has 1 aromatic rings. The van der Waals surface area contributed by atoms with E-state index in [1.807, 2.05) is 13.8 Å². The Morgan fingerprint density at radius 2 is 2.06 bits per heavy atom. The highest BCUT2D eigenvalue weighted by atomic mass is 32.1. The highest BCUT2D eigenvalue weighted by Crippen LogP contribution is 2.28. The SMILES string of the molecule is COC(C)(C)CCC(N)c1sc(C)nc1C. The van der Waals surface area contributed by atoms with Crippen LogP contribution in [0.25, 0.3) is 0 Å². The smallest absolute Gasteiger partial charge is 0.0900 e. The molecule has 0 aromatic carbocycles. The molecule has 92 valence electrons. The molecular weight excluding hydrogens is 220 g/mol. The van der Waals surface area contributed by atoms with E-state index in [9.17, 15) is 0 Å². The van der Waals surface area contributed by atoms with Crippen LogP contribution in [0.5, 0.6) is 0 Å². The first-order chi connectivity index (χ1) is 7.35. The van der Waals surface area contributed by atoms with E-state index in [-0.39, 0.29) is 11.6 Å². The third kappa shape index (κ3) is 3.54. The van der Waals surface area contributed by atoms with Crippen LogP contribution < -0.4 is 5.73 Å². The topological polar surface area (TPSA) is 48.1 Å². The first-order valence-corrected chi connectivity index (χ1v) is 6.42. The van der Waals surface area contributed by atoms with E-state index in [2.05, 4.69) is 18.8 Å². The molecule has 0 saturated carbocycles. The van der Waals surface area contributed by atoms with Crippen LogP contribution in [0, 0.1) is 13.8 Å². The number of aromatic nitrogens is 1. The number of ether oxygens (including phenoxy) is 1. The lowest BCUT2D eigenvalue weighted by Gasteiger charge is -2.24. The molecule has 0 spiro atoms. The van der Waals surface area contributed by atoms with Crippen molar-refractivity contribution in [3.63, 3.8) is 0 Å². The van der Waals surface area contributed by atoms with Gasteiger partial charge in [-0.3, -0.25) is 0 Å². The molecule has 0 radical (unpaired) electrons. The zero-order valence-corrected chi connectivity index (χ0v) is 11.6. The van der Waals surface area contributed by atoms with E-state index >= 15 is 0 Å². The Labute approximate surface area is 102 Å². The van der Waals surface area contributed by atoms with Crippen LogP contribution >= 0.6 is 11.3 Å². The maximum absolute atomic E-state index is 6.19. The van der Waals surface area contributed by atoms with Crippen LogP contribution in [0.4, 0.5) is 0 Å². The van der Waals surface area contributed by atoms with Gasteiger partial charge in [0.1, 0.15) is 0 Å². The van der Waals surface area contributed by atoms with Crippen molar-refractivity contribution in [2.24, 2.45) is 5.73 Å². The molecule has 0 fully saturated rings. The van der Waals surface area contributed by atoms with E-state index in [0.29, 0.717) is 0 Å². The monoisotopic (exact) mass is 242 g/mol. The summed E-state index contributed by atoms with van der Waals surface area (Å²) in [4.78, 5) is 5.62. The van der Waals surface area contributed by atoms with Gasteiger partial charge in [0.25, 0.3) is 0 Å². The number of hydrogen-bond acceptors (Lipinski definition) is 4. The maximum atomic E-state index is 6.19. The van der Waals surface area contributed by atoms with E-state index in [0.717, 1.165) is 23.5 Å². The molecule has 1 atom stereocenters. The van der Waals surface area contributed by atoms with Crippen LogP contribution in [0.3, 0.4) is 0 Å². The standard InChI is InChI=1S/C12H22N2OS/c1-8-11(16-9(2)14-8)10(13)6-7-12(3,4)15-5/h10H,6-7,13H2,1-5H3. The van der Waals surface area contributed by atoms with Crippen molar-refractivity contribution in [3.05, 3.63) is 15.6 Å². The fourth-order valence-corrected chi connectivity index (χ4v) is 2.59. The zero-order valence-electron chi connectivity index (χ0n) is 10.8. The van der Waals surface area contributed by atoms with Gasteiger partial charge in [-0.15, -0.1) is 11.3 Å². The first-order valence-electron chi connectivity index (χ1n) is 5.60. The van der Waals surface area contributed by atoms with Crippen LogP contribution in [0.1, 0.15) is 48.3 Å². The lowest BCUT2D eigenvalue weighted by Crippen LogP contribution is -2.24. The second-order valence-electron chi connectivity index (χ2n) is 4.79. The van der Waals surface area contributed by atoms with Gasteiger partial charge in [0.15, 0.2) is 0 Å². The Balaban J connectivity index is 2.59. The fourth-order valence-electron chi connectivity index (χ4n) is 1.63. The molecule has 2 N–H and O–H groups in total. The van der Waals surface area contributed by atoms with Gasteiger partial charge >= 0.3 is 0 Å². The minimum atomic E-state index is -0.0920. The Morgan fingerprint density at radius 3 is 2.50 bits per heavy atom. The molecule has 1 aromatic heterocycles. The van der Waals surface area contributed by atoms with Gasteiger partial charge in [0.2, 0.25) is 0 Å². The van der Waals surface area contributed by atoms with Crippen LogP contribution in [-0.2, 0) is 4.74 Å². The molecule has 16 heavy (non-hydrogen) atoms. The summed E-state index contributed by atoms with van der Waals surface area (Å²) in [6, 6.07) is 0.0839. The summed E-state index contributed by atoms with van der Waals surface area (Å²) in [6.45, 7) is 8.22. The van der Waals surface area contributed by atoms with Crippen molar-refractivity contribution in [2.45, 2.75) is 52.2 Å². The van der Waals surface area contributed by atoms with Crippen molar-refractivity contribution in [2.75, 3.05) is 7.11 Å². The first kappa shape index (κ1) is 13.6. The average molecular weight is 242 g/mol. The molecular formula is C12H22N2OS. The maximum Gasteiger partial charge on any atom is 0.0900 e. The normalized spacial score (nSPS) is 14.1. The summed E-state index contributed by atoms with van der Waals surface area (Å²) in [5, 5.41) is 1.09. The average Bonchev–Trinajstić information content (AvgIpc) is 2.54. The molecule has 0 aliphatic rings. The molecule has 4 heteroatoms. The van der Waals surface area contributed by atoms with Crippen molar-refractivity contribution < 1.29 is 4.74 Å². The lowest BCUT2D eigenvalue weighted by molar-refractivity contribution is 0.0125. The van der Waals surface area contributed by atoms with Gasteiger partial charge in [-0.25, -0.2) is 4.98 Å². The van der Waals surface area contributed by atoms with Gasteiger partial charge in [-0.2, -0.15) is 0 Å². The highest BCUT2D eigenvalue weighted by Gasteiger charge is 2.20. The molecule has 0 amide bonds. The summed E-state index contributed by atoms with van der Waals surface area (Å²) in [5.41, 5.74) is 7.17. The predicted molar refractivity (Wildman–Crippen MR) is 68.8 cm³/mol. The number of thiazole rings is 1. The summed E-state index contributed by atoms with van der Waals surface area (Å²) in [7, 11) is 1.74. The van der Waals surface area contributed by atoms with Gasteiger partial charge in [-0.1, -0.05) is 0 Å². The van der Waals surface area contributed by atoms with Crippen molar-refractivity contribution in [3.8, 4) is 0 Å². The lowest BCUT2D eigenvalue weighted by atomic mass is 9.98. The number of aryl methyl sites for hydroxylation is 2. The van der Waals surface area contributed by atoms with E-state index in [1.165, 1.54) is 4.88 Å². The number of methoxy groups -OCH3 is 1. The molecule has 1 unspecified atom stereocenters. The Morgan fingerprint density at radius 1 is 1.44 bits per heavy atom. The largest absolute Gasteiger partial charge is 0.379 e. The van der Waals surface area contributed by atoms with Crippen molar-refractivity contribution >= 4 is 11.3 Å². The summed E-state index contributed by atoms with van der Waals surface area (Å²) in [5.74, 6) is 0. The van der Waals surface area contributed by atoms with Gasteiger partial charge in [0.05, 0.1) is 16.3 Å². The van der Waals surface area contributed by atoms with Gasteiger partial charge < -0.3 is 10.5 Å². The van der Waals surface area contributed by atoms with Crippen LogP contribution in [0.2, 0.25) is 0 Å². The number of nitrogens with zero attached hydrogens (tertiary/aromatic N) is 1. The van der Waals surface area contributed by atoms with Crippen LogP contribution in [0.15, 0.2) is 0 Å². The summed E-state index contributed by atoms with van der Waals surface area (Å²) in [6.07, 6.45) is 1.89. The Kier molecular flexibility index (Phi) is 4.47. The molecule has 1 heterocycles. The van der Waals surface area contributed by atoms with E-state index in [1.54, 1.807) is 18.4 Å². The van der Waals surface area contributed by atoms with Gasteiger partial charge in [0, 0.05) is 18.0 Å². The molecule has 0 aliphatic heterocycles. The molecule has 0 saturated heterocycles. The van der Waals surface area contributed by atoms with Crippen molar-refractivity contribution in [1.82, 2.24) is 4.98 Å². The third-order valence-electron chi connectivity index (χ3n) is 2.89. The predicted octanol–water partition coefficient (Wildman–Crippen LogP) is 2.96. The second-order valence-corrected chi connectivity index (χ2v) is 6.03. The minimum Gasteiger partial charge on any atom is -0.379 e. The zero-order chi connectivity index (χ0) is 12.3. The quantitative estimate of drug-likeness (QED) is 0.863. The number of rotatable bonds is 5. The number of hydrogen-bond donors (Lipinski definition) is 1. The molecule has 0 bridgehead atoms. The summed E-state index contributed by atoms with van der Waals surface area (Å²) >= 11 is 1.70. The van der Waals surface area contributed by atoms with Crippen molar-refractivity contribution in [1.29, 1.82) is 0 Å². The van der Waals surface area contributed by atoms with E-state index in [4.69, 9.17) is 10.5 Å². The third-order valence-corrected chi connectivity index (χ3v) is 4.09. The van der Waals surface area contributed by atoms with Crippen LogP contribution in [-0.4, -0.2) is 17.7 Å². The molecule has 3 nitrogen and oxygen atoms in total. The highest BCUT2D eigenvalue weighted by molar-refractivity contribution is 7.11. The second kappa shape index (κ2) is 5.25. The fraction of sp³-hybridized carbons (Fsp3) is 0.750. The molecule has 0 aliphatic carbocycles. The van der Waals surface area contributed by atoms with E-state index < -0.39 is 0 Å². The van der Waals surface area contributed by atoms with Gasteiger partial charge in [-0.05, 0) is 40.5 Å². The minimum absolute atomic E-state index is 0.0839. The Bertz CT molecular complexity index is 347. The molecule has 1 rings (SSSR count). The number of nitrogens with two attached hydrogens (primary N) is 1. The summed E-state index contributed by atoms with van der Waals surface area (Å²) < 4.78 is 5.39. The Hall–Kier alpha value is -0.450.